The molecule has 1 saturated carbocycles. The summed E-state index contributed by atoms with van der Waals surface area (Å²) in [5.74, 6) is 0. The lowest BCUT2D eigenvalue weighted by molar-refractivity contribution is 0.126. The summed E-state index contributed by atoms with van der Waals surface area (Å²) < 4.78 is 18.3. The Bertz CT molecular complexity index is 500. The number of unbranched alkanes of at least 4 members (excludes halogenated alkanes) is 4. The minimum Gasteiger partial charge on any atom is -0.381 e. The van der Waals surface area contributed by atoms with Gasteiger partial charge in [-0.2, -0.15) is 0 Å². The van der Waals surface area contributed by atoms with Gasteiger partial charge in [0.25, 0.3) is 0 Å². The Morgan fingerprint density at radius 1 is 1.00 bits per heavy atom. The Hall–Kier alpha value is -0.710. The highest BCUT2D eigenvalue weighted by molar-refractivity contribution is 7.85. The van der Waals surface area contributed by atoms with Crippen LogP contribution < -0.4 is 5.73 Å². The van der Waals surface area contributed by atoms with E-state index in [4.69, 9.17) is 10.5 Å². The average Bonchev–Trinajstić information content (AvgIpc) is 3.17. The fourth-order valence-electron chi connectivity index (χ4n) is 3.46. The third-order valence-corrected chi connectivity index (χ3v) is 6.78. The normalized spacial score (nSPS) is 16.4. The zero-order valence-corrected chi connectivity index (χ0v) is 16.4. The van der Waals surface area contributed by atoms with Crippen molar-refractivity contribution in [2.24, 2.45) is 5.73 Å². The smallest absolute Gasteiger partial charge is 0.0560 e. The summed E-state index contributed by atoms with van der Waals surface area (Å²) in [6.45, 7) is 2.53. The molecule has 1 aromatic carbocycles. The monoisotopic (exact) mass is 365 g/mol. The summed E-state index contributed by atoms with van der Waals surface area (Å²) in [5.41, 5.74) is 6.79. The highest BCUT2D eigenvalue weighted by Crippen LogP contribution is 2.27. The van der Waals surface area contributed by atoms with E-state index in [0.717, 1.165) is 69.6 Å². The number of aryl methyl sites for hydroxylation is 1. The Kier molecular flexibility index (Phi) is 10.4. The molecule has 4 heteroatoms. The molecule has 0 amide bonds. The molecule has 0 aliphatic heterocycles. The summed E-state index contributed by atoms with van der Waals surface area (Å²) in [5, 5.41) is 0.383. The first-order valence-electron chi connectivity index (χ1n) is 10.1. The maximum atomic E-state index is 12.6. The molecule has 1 aromatic rings. The van der Waals surface area contributed by atoms with Gasteiger partial charge in [0, 0.05) is 23.4 Å². The van der Waals surface area contributed by atoms with Crippen LogP contribution in [0.15, 0.2) is 29.2 Å². The molecule has 142 valence electrons. The van der Waals surface area contributed by atoms with Gasteiger partial charge in [0.1, 0.15) is 0 Å². The lowest BCUT2D eigenvalue weighted by atomic mass is 10.1. The van der Waals surface area contributed by atoms with Crippen molar-refractivity contribution in [1.29, 1.82) is 0 Å². The lowest BCUT2D eigenvalue weighted by Gasteiger charge is -2.10. The van der Waals surface area contributed by atoms with E-state index < -0.39 is 10.8 Å². The highest BCUT2D eigenvalue weighted by atomic mass is 32.2. The van der Waals surface area contributed by atoms with Gasteiger partial charge in [-0.3, -0.25) is 4.21 Å². The van der Waals surface area contributed by atoms with Gasteiger partial charge < -0.3 is 10.5 Å². The van der Waals surface area contributed by atoms with Crippen LogP contribution in [0.3, 0.4) is 0 Å². The molecule has 1 unspecified atom stereocenters. The molecule has 2 rings (SSSR count). The summed E-state index contributed by atoms with van der Waals surface area (Å²) in [6.07, 6.45) is 12.7. The fourth-order valence-corrected chi connectivity index (χ4v) is 5.08. The van der Waals surface area contributed by atoms with E-state index in [1.54, 1.807) is 0 Å². The van der Waals surface area contributed by atoms with Crippen LogP contribution >= 0.6 is 0 Å². The molecule has 1 fully saturated rings. The lowest BCUT2D eigenvalue weighted by Crippen LogP contribution is -2.10. The topological polar surface area (TPSA) is 52.3 Å². The predicted octanol–water partition coefficient (Wildman–Crippen LogP) is 4.60. The van der Waals surface area contributed by atoms with Crippen molar-refractivity contribution in [3.05, 3.63) is 29.8 Å². The molecule has 0 heterocycles. The van der Waals surface area contributed by atoms with Gasteiger partial charge >= 0.3 is 0 Å². The van der Waals surface area contributed by atoms with E-state index in [1.165, 1.54) is 31.2 Å². The summed E-state index contributed by atoms with van der Waals surface area (Å²) in [7, 11) is -0.817. The number of benzene rings is 1. The van der Waals surface area contributed by atoms with E-state index in [0.29, 0.717) is 5.25 Å². The second kappa shape index (κ2) is 12.6. The van der Waals surface area contributed by atoms with E-state index in [1.807, 2.05) is 6.07 Å². The average molecular weight is 366 g/mol. The third-order valence-electron chi connectivity index (χ3n) is 4.98. The van der Waals surface area contributed by atoms with Crippen LogP contribution in [-0.4, -0.2) is 29.2 Å². The molecule has 1 atom stereocenters. The Morgan fingerprint density at radius 3 is 2.48 bits per heavy atom. The van der Waals surface area contributed by atoms with E-state index in [2.05, 4.69) is 18.2 Å². The summed E-state index contributed by atoms with van der Waals surface area (Å²) in [6, 6.07) is 8.42. The van der Waals surface area contributed by atoms with Gasteiger partial charge in [0.15, 0.2) is 0 Å². The van der Waals surface area contributed by atoms with E-state index in [-0.39, 0.29) is 0 Å². The number of rotatable bonds is 13. The van der Waals surface area contributed by atoms with Crippen molar-refractivity contribution < 1.29 is 8.95 Å². The molecule has 0 saturated heterocycles. The van der Waals surface area contributed by atoms with Crippen molar-refractivity contribution in [3.8, 4) is 0 Å². The first-order valence-corrected chi connectivity index (χ1v) is 11.3. The maximum absolute atomic E-state index is 12.6. The van der Waals surface area contributed by atoms with Gasteiger partial charge in [0.05, 0.1) is 10.8 Å². The Balaban J connectivity index is 1.58. The van der Waals surface area contributed by atoms with E-state index in [9.17, 15) is 4.21 Å². The number of nitrogens with two attached hydrogens (primary N) is 1. The molecule has 0 bridgehead atoms. The maximum Gasteiger partial charge on any atom is 0.0560 e. The molecule has 2 N–H and O–H groups in total. The second-order valence-corrected chi connectivity index (χ2v) is 8.86. The van der Waals surface area contributed by atoms with Crippen LogP contribution in [0.2, 0.25) is 0 Å². The van der Waals surface area contributed by atoms with Crippen LogP contribution in [0.4, 0.5) is 0 Å². The van der Waals surface area contributed by atoms with Crippen LogP contribution in [0, 0.1) is 0 Å². The van der Waals surface area contributed by atoms with Crippen molar-refractivity contribution in [3.63, 3.8) is 0 Å². The van der Waals surface area contributed by atoms with E-state index >= 15 is 0 Å². The Labute approximate surface area is 156 Å². The molecule has 1 aliphatic carbocycles. The van der Waals surface area contributed by atoms with Crippen LogP contribution in [-0.2, 0) is 22.0 Å². The molecule has 0 radical (unpaired) electrons. The van der Waals surface area contributed by atoms with Gasteiger partial charge in [-0.25, -0.2) is 0 Å². The van der Waals surface area contributed by atoms with Crippen molar-refractivity contribution in [2.45, 2.75) is 80.8 Å². The Morgan fingerprint density at radius 2 is 1.72 bits per heavy atom. The van der Waals surface area contributed by atoms with Crippen molar-refractivity contribution >= 4 is 10.8 Å². The standard InChI is InChI=1S/C21H35NO2S/c22-15-6-1-2-7-16-24-17-8-5-10-19-11-9-14-21(18-19)25(23)20-12-3-4-13-20/h9,11,14,18,20H,1-8,10,12-13,15-17,22H2. The van der Waals surface area contributed by atoms with Gasteiger partial charge in [-0.15, -0.1) is 0 Å². The predicted molar refractivity (Wildman–Crippen MR) is 106 cm³/mol. The zero-order valence-electron chi connectivity index (χ0n) is 15.6. The third kappa shape index (κ3) is 8.02. The number of ether oxygens (including phenoxy) is 1. The van der Waals surface area contributed by atoms with Crippen LogP contribution in [0.1, 0.15) is 69.8 Å². The van der Waals surface area contributed by atoms with Gasteiger partial charge in [-0.05, 0) is 69.2 Å². The van der Waals surface area contributed by atoms with Crippen molar-refractivity contribution in [2.75, 3.05) is 19.8 Å². The highest BCUT2D eigenvalue weighted by Gasteiger charge is 2.22. The number of hydrogen-bond donors (Lipinski definition) is 1. The molecule has 0 spiro atoms. The zero-order chi connectivity index (χ0) is 17.7. The van der Waals surface area contributed by atoms with Gasteiger partial charge in [0.2, 0.25) is 0 Å². The largest absolute Gasteiger partial charge is 0.381 e. The minimum absolute atomic E-state index is 0.383. The molecule has 3 nitrogen and oxygen atoms in total. The molecular weight excluding hydrogens is 330 g/mol. The fraction of sp³-hybridized carbons (Fsp3) is 0.714. The van der Waals surface area contributed by atoms with Crippen molar-refractivity contribution in [1.82, 2.24) is 0 Å². The molecule has 25 heavy (non-hydrogen) atoms. The minimum atomic E-state index is -0.817. The molecule has 1 aliphatic rings. The SMILES string of the molecule is NCCCCCCOCCCCc1cccc(S(=O)C2CCCC2)c1. The van der Waals surface area contributed by atoms with Crippen LogP contribution in [0.25, 0.3) is 0 Å². The quantitative estimate of drug-likeness (QED) is 0.520. The summed E-state index contributed by atoms with van der Waals surface area (Å²) in [4.78, 5) is 1.03. The molecular formula is C21H35NO2S. The first-order chi connectivity index (χ1) is 12.3. The van der Waals surface area contributed by atoms with Gasteiger partial charge in [-0.1, -0.05) is 37.8 Å². The van der Waals surface area contributed by atoms with Crippen LogP contribution in [0.5, 0.6) is 0 Å². The molecule has 0 aromatic heterocycles. The summed E-state index contributed by atoms with van der Waals surface area (Å²) >= 11 is 0. The first kappa shape index (κ1) is 20.6. The number of hydrogen-bond acceptors (Lipinski definition) is 3. The second-order valence-electron chi connectivity index (χ2n) is 7.12.